The molecule has 27 heavy (non-hydrogen) atoms. The van der Waals surface area contributed by atoms with Crippen LogP contribution in [0.2, 0.25) is 5.02 Å². The van der Waals surface area contributed by atoms with Gasteiger partial charge in [0.05, 0.1) is 18.5 Å². The molecule has 4 aromatic rings. The van der Waals surface area contributed by atoms with Gasteiger partial charge in [0.1, 0.15) is 0 Å². The summed E-state index contributed by atoms with van der Waals surface area (Å²) in [5, 5.41) is 4.81. The van der Waals surface area contributed by atoms with Gasteiger partial charge in [-0.3, -0.25) is 4.79 Å². The fraction of sp³-hybridized carbons (Fsp3) is 0.0526. The Morgan fingerprint density at radius 1 is 1.07 bits per heavy atom. The maximum absolute atomic E-state index is 12.8. The highest BCUT2D eigenvalue weighted by Crippen LogP contribution is 2.19. The summed E-state index contributed by atoms with van der Waals surface area (Å²) in [5.74, 6) is -0.687. The lowest BCUT2D eigenvalue weighted by Crippen LogP contribution is -2.19. The van der Waals surface area contributed by atoms with E-state index in [1.54, 1.807) is 24.3 Å². The molecule has 4 rings (SSSR count). The molecule has 0 aliphatic heterocycles. The van der Waals surface area contributed by atoms with Crippen molar-refractivity contribution in [1.29, 1.82) is 0 Å². The molecular weight excluding hydrogens is 368 g/mol. The monoisotopic (exact) mass is 380 g/mol. The summed E-state index contributed by atoms with van der Waals surface area (Å²) in [6, 6.07) is 17.5. The van der Waals surface area contributed by atoms with Crippen LogP contribution in [0.1, 0.15) is 10.6 Å². The van der Waals surface area contributed by atoms with Crippen molar-refractivity contribution < 1.29 is 9.53 Å². The topological polar surface area (TPSA) is 78.5 Å². The molecule has 0 atom stereocenters. The Morgan fingerprint density at radius 3 is 2.44 bits per heavy atom. The molecule has 0 aliphatic carbocycles. The van der Waals surface area contributed by atoms with E-state index in [0.717, 1.165) is 9.96 Å². The average Bonchev–Trinajstić information content (AvgIpc) is 3.09. The Hall–Kier alpha value is -3.45. The normalized spacial score (nSPS) is 10.9. The van der Waals surface area contributed by atoms with Gasteiger partial charge in [-0.2, -0.15) is 4.68 Å². The van der Waals surface area contributed by atoms with Crippen LogP contribution in [0, 0.1) is 0 Å². The van der Waals surface area contributed by atoms with E-state index < -0.39 is 11.5 Å². The van der Waals surface area contributed by atoms with Gasteiger partial charge < -0.3 is 4.74 Å². The maximum Gasteiger partial charge on any atom is 0.376 e. The number of esters is 1. The van der Waals surface area contributed by atoms with Gasteiger partial charge in [-0.25, -0.2) is 14.2 Å². The van der Waals surface area contributed by atoms with Crippen LogP contribution < -0.4 is 5.56 Å². The first-order valence-corrected chi connectivity index (χ1v) is 8.39. The number of hydrogen-bond donors (Lipinski definition) is 0. The Morgan fingerprint density at radius 2 is 1.78 bits per heavy atom. The summed E-state index contributed by atoms with van der Waals surface area (Å²) in [7, 11) is 1.23. The van der Waals surface area contributed by atoms with Crippen LogP contribution in [0.25, 0.3) is 22.7 Å². The van der Waals surface area contributed by atoms with Gasteiger partial charge in [-0.05, 0) is 24.3 Å². The van der Waals surface area contributed by atoms with Crippen molar-refractivity contribution in [2.45, 2.75) is 0 Å². The molecule has 0 N–H and O–H groups in total. The minimum atomic E-state index is -0.732. The van der Waals surface area contributed by atoms with E-state index >= 15 is 0 Å². The highest BCUT2D eigenvalue weighted by Gasteiger charge is 2.22. The highest BCUT2D eigenvalue weighted by molar-refractivity contribution is 6.30. The summed E-state index contributed by atoms with van der Waals surface area (Å²) in [5.41, 5.74) is 1.43. The van der Waals surface area contributed by atoms with E-state index in [1.165, 1.54) is 17.9 Å². The molecule has 0 spiro atoms. The molecule has 2 aromatic heterocycles. The molecule has 2 aromatic carbocycles. The van der Waals surface area contributed by atoms with Crippen molar-refractivity contribution in [2.24, 2.45) is 0 Å². The van der Waals surface area contributed by atoms with E-state index in [0.29, 0.717) is 16.4 Å². The number of nitrogens with zero attached hydrogens (tertiary/aromatic N) is 4. The number of rotatable bonds is 3. The summed E-state index contributed by atoms with van der Waals surface area (Å²) < 4.78 is 7.30. The molecule has 0 amide bonds. The first-order chi connectivity index (χ1) is 13.1. The highest BCUT2D eigenvalue weighted by atomic mass is 35.5. The van der Waals surface area contributed by atoms with E-state index in [-0.39, 0.29) is 11.6 Å². The van der Waals surface area contributed by atoms with Crippen molar-refractivity contribution in [1.82, 2.24) is 19.2 Å². The van der Waals surface area contributed by atoms with Crippen LogP contribution in [-0.2, 0) is 4.74 Å². The molecule has 7 nitrogen and oxygen atoms in total. The number of hydrogen-bond acceptors (Lipinski definition) is 5. The van der Waals surface area contributed by atoms with Crippen molar-refractivity contribution in [3.8, 4) is 16.9 Å². The lowest BCUT2D eigenvalue weighted by atomic mass is 10.1. The number of carbonyl (C=O) groups is 1. The van der Waals surface area contributed by atoms with Gasteiger partial charge in [0.15, 0.2) is 0 Å². The zero-order valence-corrected chi connectivity index (χ0v) is 14.9. The first kappa shape index (κ1) is 17.0. The molecule has 0 radical (unpaired) electrons. The Labute approximate surface area is 158 Å². The summed E-state index contributed by atoms with van der Waals surface area (Å²) in [6.07, 6.45) is 0. The fourth-order valence-electron chi connectivity index (χ4n) is 2.73. The molecule has 134 valence electrons. The number of carbonyl (C=O) groups excluding carboxylic acids is 1. The SMILES string of the molecule is COC(=O)c1nn(-c2ccc(Cl)cc2)c2nc(-c3ccccc3)cc(=O)n12. The lowest BCUT2D eigenvalue weighted by Gasteiger charge is -2.04. The summed E-state index contributed by atoms with van der Waals surface area (Å²) >= 11 is 5.95. The molecule has 0 aliphatic rings. The molecule has 0 bridgehead atoms. The standard InChI is InChI=1S/C19H13ClN4O3/c1-27-18(26)17-22-24(14-9-7-13(20)8-10-14)19-21-15(11-16(25)23(17)19)12-5-3-2-4-6-12/h2-11H,1H3. The minimum absolute atomic E-state index is 0.153. The number of aromatic nitrogens is 4. The molecule has 0 unspecified atom stereocenters. The van der Waals surface area contributed by atoms with Gasteiger partial charge in [-0.15, -0.1) is 5.10 Å². The van der Waals surface area contributed by atoms with Crippen LogP contribution in [0.15, 0.2) is 65.5 Å². The van der Waals surface area contributed by atoms with Gasteiger partial charge in [-0.1, -0.05) is 41.9 Å². The number of methoxy groups -OCH3 is 1. The third-order valence-corrected chi connectivity index (χ3v) is 4.26. The predicted octanol–water partition coefficient (Wildman–Crippen LogP) is 2.99. The number of benzene rings is 2. The molecule has 0 saturated heterocycles. The second kappa shape index (κ2) is 6.69. The van der Waals surface area contributed by atoms with E-state index in [2.05, 4.69) is 10.1 Å². The van der Waals surface area contributed by atoms with Gasteiger partial charge in [0, 0.05) is 16.7 Å². The van der Waals surface area contributed by atoms with Crippen molar-refractivity contribution in [3.05, 3.63) is 81.9 Å². The van der Waals surface area contributed by atoms with E-state index in [9.17, 15) is 9.59 Å². The Bertz CT molecular complexity index is 1200. The number of fused-ring (bicyclic) bond motifs is 1. The zero-order valence-electron chi connectivity index (χ0n) is 14.2. The van der Waals surface area contributed by atoms with Crippen LogP contribution in [0.5, 0.6) is 0 Å². The minimum Gasteiger partial charge on any atom is -0.463 e. The Kier molecular flexibility index (Phi) is 4.21. The third-order valence-electron chi connectivity index (χ3n) is 4.01. The quantitative estimate of drug-likeness (QED) is 0.510. The number of halogens is 1. The van der Waals surface area contributed by atoms with Crippen molar-refractivity contribution >= 4 is 23.3 Å². The van der Waals surface area contributed by atoms with Gasteiger partial charge in [0.25, 0.3) is 5.56 Å². The van der Waals surface area contributed by atoms with Gasteiger partial charge in [0.2, 0.25) is 11.6 Å². The van der Waals surface area contributed by atoms with Crippen LogP contribution in [0.3, 0.4) is 0 Å². The maximum atomic E-state index is 12.8. The average molecular weight is 381 g/mol. The fourth-order valence-corrected chi connectivity index (χ4v) is 2.86. The zero-order chi connectivity index (χ0) is 19.0. The lowest BCUT2D eigenvalue weighted by molar-refractivity contribution is 0.0584. The Balaban J connectivity index is 2.04. The van der Waals surface area contributed by atoms with Gasteiger partial charge >= 0.3 is 5.97 Å². The van der Waals surface area contributed by atoms with E-state index in [4.69, 9.17) is 16.3 Å². The second-order valence-electron chi connectivity index (χ2n) is 5.68. The van der Waals surface area contributed by atoms with Crippen LogP contribution >= 0.6 is 11.6 Å². The molecule has 8 heteroatoms. The second-order valence-corrected chi connectivity index (χ2v) is 6.12. The van der Waals surface area contributed by atoms with Crippen molar-refractivity contribution in [2.75, 3.05) is 7.11 Å². The largest absolute Gasteiger partial charge is 0.463 e. The van der Waals surface area contributed by atoms with Crippen LogP contribution in [0.4, 0.5) is 0 Å². The first-order valence-electron chi connectivity index (χ1n) is 8.01. The van der Waals surface area contributed by atoms with E-state index in [1.807, 2.05) is 30.3 Å². The summed E-state index contributed by atoms with van der Waals surface area (Å²) in [6.45, 7) is 0. The molecule has 0 saturated carbocycles. The van der Waals surface area contributed by atoms with Crippen molar-refractivity contribution in [3.63, 3.8) is 0 Å². The molecule has 0 fully saturated rings. The summed E-state index contributed by atoms with van der Waals surface area (Å²) in [4.78, 5) is 29.4. The number of ether oxygens (including phenoxy) is 1. The molecular formula is C19H13ClN4O3. The predicted molar refractivity (Wildman–Crippen MR) is 100 cm³/mol. The molecule has 2 heterocycles. The smallest absolute Gasteiger partial charge is 0.376 e. The third kappa shape index (κ3) is 2.98. The van der Waals surface area contributed by atoms with Crippen LogP contribution in [-0.4, -0.2) is 32.2 Å².